The van der Waals surface area contributed by atoms with Crippen LogP contribution in [0.3, 0.4) is 0 Å². The lowest BCUT2D eigenvalue weighted by Crippen LogP contribution is -2.29. The molecule has 0 unspecified atom stereocenters. The smallest absolute Gasteiger partial charge is 0.251 e. The van der Waals surface area contributed by atoms with Crippen LogP contribution in [0.15, 0.2) is 60.7 Å². The molecule has 0 radical (unpaired) electrons. The summed E-state index contributed by atoms with van der Waals surface area (Å²) in [5.74, 6) is 0.546. The lowest BCUT2D eigenvalue weighted by molar-refractivity contribution is 0.0947. The first kappa shape index (κ1) is 20.7. The number of fused-ring (bicyclic) bond motifs is 1. The molecule has 3 aromatic carbocycles. The third-order valence-electron chi connectivity index (χ3n) is 4.69. The Bertz CT molecular complexity index is 1140. The molecule has 3 rings (SSSR count). The SMILES string of the molecule is Cc1cc(C(=O)NCCOc2cccc3ccccc23)ccc1N(C)S(C)(=O)=O. The van der Waals surface area contributed by atoms with Crippen molar-refractivity contribution in [3.63, 3.8) is 0 Å². The van der Waals surface area contributed by atoms with E-state index < -0.39 is 10.0 Å². The number of ether oxygens (including phenoxy) is 1. The van der Waals surface area contributed by atoms with Crippen LogP contribution in [0.1, 0.15) is 15.9 Å². The van der Waals surface area contributed by atoms with E-state index in [0.717, 1.165) is 22.8 Å². The Kier molecular flexibility index (Phi) is 6.08. The van der Waals surface area contributed by atoms with Crippen LogP contribution in [0.25, 0.3) is 10.8 Å². The number of hydrogen-bond donors (Lipinski definition) is 1. The molecule has 0 aliphatic carbocycles. The van der Waals surface area contributed by atoms with Crippen LogP contribution in [0.2, 0.25) is 0 Å². The monoisotopic (exact) mass is 412 g/mol. The van der Waals surface area contributed by atoms with E-state index in [1.807, 2.05) is 42.5 Å². The molecular weight excluding hydrogens is 388 g/mol. The van der Waals surface area contributed by atoms with Crippen molar-refractivity contribution in [2.75, 3.05) is 30.8 Å². The number of carbonyl (C=O) groups excluding carboxylic acids is 1. The van der Waals surface area contributed by atoms with Gasteiger partial charge in [-0.15, -0.1) is 0 Å². The molecule has 3 aromatic rings. The summed E-state index contributed by atoms with van der Waals surface area (Å²) in [7, 11) is -1.87. The van der Waals surface area contributed by atoms with E-state index in [9.17, 15) is 13.2 Å². The van der Waals surface area contributed by atoms with Crippen LogP contribution in [-0.2, 0) is 10.0 Å². The van der Waals surface area contributed by atoms with Gasteiger partial charge in [-0.05, 0) is 42.1 Å². The number of nitrogens with one attached hydrogen (secondary N) is 1. The van der Waals surface area contributed by atoms with Crippen molar-refractivity contribution in [3.05, 3.63) is 71.8 Å². The van der Waals surface area contributed by atoms with E-state index >= 15 is 0 Å². The Labute approximate surface area is 171 Å². The minimum atomic E-state index is -3.35. The number of hydrogen-bond acceptors (Lipinski definition) is 4. The number of aryl methyl sites for hydroxylation is 1. The first-order valence-corrected chi connectivity index (χ1v) is 11.1. The molecule has 0 spiro atoms. The second-order valence-corrected chi connectivity index (χ2v) is 8.83. The zero-order valence-corrected chi connectivity index (χ0v) is 17.5. The van der Waals surface area contributed by atoms with Gasteiger partial charge in [0, 0.05) is 18.0 Å². The maximum absolute atomic E-state index is 12.4. The normalized spacial score (nSPS) is 11.3. The summed E-state index contributed by atoms with van der Waals surface area (Å²) in [5, 5.41) is 4.96. The molecule has 0 saturated heterocycles. The van der Waals surface area contributed by atoms with Crippen molar-refractivity contribution >= 4 is 32.4 Å². The molecular formula is C22H24N2O4S. The summed E-state index contributed by atoms with van der Waals surface area (Å²) in [6.07, 6.45) is 1.14. The van der Waals surface area contributed by atoms with E-state index in [1.54, 1.807) is 25.1 Å². The summed E-state index contributed by atoms with van der Waals surface area (Å²) in [6.45, 7) is 2.47. The predicted octanol–water partition coefficient (Wildman–Crippen LogP) is 3.35. The van der Waals surface area contributed by atoms with Crippen molar-refractivity contribution in [2.45, 2.75) is 6.92 Å². The molecule has 1 N–H and O–H groups in total. The largest absolute Gasteiger partial charge is 0.491 e. The number of benzene rings is 3. The average Bonchev–Trinajstić information content (AvgIpc) is 2.70. The number of nitrogens with zero attached hydrogens (tertiary/aromatic N) is 1. The van der Waals surface area contributed by atoms with E-state index in [-0.39, 0.29) is 5.91 Å². The van der Waals surface area contributed by atoms with E-state index in [4.69, 9.17) is 4.74 Å². The average molecular weight is 413 g/mol. The van der Waals surface area contributed by atoms with Gasteiger partial charge in [-0.25, -0.2) is 8.42 Å². The molecule has 0 fully saturated rings. The highest BCUT2D eigenvalue weighted by molar-refractivity contribution is 7.92. The van der Waals surface area contributed by atoms with Gasteiger partial charge in [0.1, 0.15) is 12.4 Å². The number of anilines is 1. The second kappa shape index (κ2) is 8.53. The van der Waals surface area contributed by atoms with Gasteiger partial charge in [0.25, 0.3) is 5.91 Å². The van der Waals surface area contributed by atoms with Crippen LogP contribution in [0, 0.1) is 6.92 Å². The third kappa shape index (κ3) is 4.86. The second-order valence-electron chi connectivity index (χ2n) is 6.81. The van der Waals surface area contributed by atoms with Crippen molar-refractivity contribution < 1.29 is 17.9 Å². The van der Waals surface area contributed by atoms with Crippen LogP contribution in [0.4, 0.5) is 5.69 Å². The standard InChI is InChI=1S/C22H24N2O4S/c1-16-15-18(11-12-20(16)24(2)29(3,26)27)22(25)23-13-14-28-21-10-6-8-17-7-4-5-9-19(17)21/h4-12,15H,13-14H2,1-3H3,(H,23,25). The van der Waals surface area contributed by atoms with Crippen molar-refractivity contribution in [1.29, 1.82) is 0 Å². The van der Waals surface area contributed by atoms with Gasteiger partial charge in [0.05, 0.1) is 18.5 Å². The molecule has 7 heteroatoms. The Morgan fingerprint density at radius 2 is 1.79 bits per heavy atom. The summed E-state index contributed by atoms with van der Waals surface area (Å²) in [5.41, 5.74) is 1.72. The molecule has 152 valence electrons. The lowest BCUT2D eigenvalue weighted by Gasteiger charge is -2.19. The van der Waals surface area contributed by atoms with Gasteiger partial charge >= 0.3 is 0 Å². The minimum absolute atomic E-state index is 0.233. The number of rotatable bonds is 7. The zero-order valence-electron chi connectivity index (χ0n) is 16.7. The summed E-state index contributed by atoms with van der Waals surface area (Å²) in [4.78, 5) is 12.4. The molecule has 0 aliphatic heterocycles. The highest BCUT2D eigenvalue weighted by Crippen LogP contribution is 2.25. The van der Waals surface area contributed by atoms with Gasteiger partial charge in [0.2, 0.25) is 10.0 Å². The Hall–Kier alpha value is -3.06. The Balaban J connectivity index is 1.59. The maximum Gasteiger partial charge on any atom is 0.251 e. The maximum atomic E-state index is 12.4. The predicted molar refractivity (Wildman–Crippen MR) is 116 cm³/mol. The van der Waals surface area contributed by atoms with E-state index in [1.165, 1.54) is 11.4 Å². The van der Waals surface area contributed by atoms with Gasteiger partial charge in [-0.3, -0.25) is 9.10 Å². The van der Waals surface area contributed by atoms with Crippen molar-refractivity contribution in [2.24, 2.45) is 0 Å². The molecule has 1 amide bonds. The zero-order chi connectivity index (χ0) is 21.0. The van der Waals surface area contributed by atoms with Crippen LogP contribution < -0.4 is 14.4 Å². The van der Waals surface area contributed by atoms with Gasteiger partial charge < -0.3 is 10.1 Å². The van der Waals surface area contributed by atoms with Gasteiger partial charge in [-0.2, -0.15) is 0 Å². The van der Waals surface area contributed by atoms with Crippen LogP contribution in [-0.4, -0.2) is 40.8 Å². The number of sulfonamides is 1. The summed E-state index contributed by atoms with van der Waals surface area (Å²) >= 11 is 0. The fraction of sp³-hybridized carbons (Fsp3) is 0.227. The first-order valence-electron chi connectivity index (χ1n) is 9.20. The van der Waals surface area contributed by atoms with Crippen molar-refractivity contribution in [1.82, 2.24) is 5.32 Å². The highest BCUT2D eigenvalue weighted by Gasteiger charge is 2.15. The van der Waals surface area contributed by atoms with Crippen LogP contribution >= 0.6 is 0 Å². The molecule has 0 saturated carbocycles. The minimum Gasteiger partial charge on any atom is -0.491 e. The molecule has 0 aliphatic rings. The Morgan fingerprint density at radius 1 is 1.07 bits per heavy atom. The number of amides is 1. The molecule has 0 aromatic heterocycles. The fourth-order valence-corrected chi connectivity index (χ4v) is 3.64. The van der Waals surface area contributed by atoms with Gasteiger partial charge in [0.15, 0.2) is 0 Å². The topological polar surface area (TPSA) is 75.7 Å². The molecule has 0 atom stereocenters. The quantitative estimate of drug-likeness (QED) is 0.604. The van der Waals surface area contributed by atoms with Gasteiger partial charge in [-0.1, -0.05) is 36.4 Å². The molecule has 0 heterocycles. The van der Waals surface area contributed by atoms with Crippen LogP contribution in [0.5, 0.6) is 5.75 Å². The van der Waals surface area contributed by atoms with E-state index in [2.05, 4.69) is 5.32 Å². The summed E-state index contributed by atoms with van der Waals surface area (Å²) in [6, 6.07) is 18.8. The fourth-order valence-electron chi connectivity index (χ4n) is 3.08. The molecule has 6 nitrogen and oxygen atoms in total. The Morgan fingerprint density at radius 3 is 2.52 bits per heavy atom. The lowest BCUT2D eigenvalue weighted by atomic mass is 10.1. The molecule has 0 bridgehead atoms. The first-order chi connectivity index (χ1) is 13.8. The van der Waals surface area contributed by atoms with Crippen molar-refractivity contribution in [3.8, 4) is 5.75 Å². The van der Waals surface area contributed by atoms with E-state index in [0.29, 0.717) is 30.0 Å². The number of carbonyl (C=O) groups is 1. The molecule has 29 heavy (non-hydrogen) atoms. The highest BCUT2D eigenvalue weighted by atomic mass is 32.2. The summed E-state index contributed by atoms with van der Waals surface area (Å²) < 4.78 is 30.4. The third-order valence-corrected chi connectivity index (χ3v) is 5.88.